The summed E-state index contributed by atoms with van der Waals surface area (Å²) >= 11 is 5.99. The Labute approximate surface area is 131 Å². The van der Waals surface area contributed by atoms with Gasteiger partial charge < -0.3 is 14.6 Å². The van der Waals surface area contributed by atoms with Gasteiger partial charge in [-0.15, -0.1) is 0 Å². The molecule has 1 aromatic carbocycles. The Kier molecular flexibility index (Phi) is 5.65. The van der Waals surface area contributed by atoms with Gasteiger partial charge in [-0.25, -0.2) is 4.98 Å². The van der Waals surface area contributed by atoms with E-state index in [0.29, 0.717) is 5.02 Å². The average molecular weight is 308 g/mol. The quantitative estimate of drug-likeness (QED) is 0.854. The number of benzene rings is 1. The van der Waals surface area contributed by atoms with Crippen LogP contribution in [0.4, 0.5) is 0 Å². The van der Waals surface area contributed by atoms with Gasteiger partial charge in [-0.05, 0) is 39.1 Å². The van der Waals surface area contributed by atoms with Crippen molar-refractivity contribution in [1.29, 1.82) is 0 Å². The Balaban J connectivity index is 2.03. The second-order valence-corrected chi connectivity index (χ2v) is 5.45. The van der Waals surface area contributed by atoms with Crippen molar-refractivity contribution in [2.75, 3.05) is 7.05 Å². The monoisotopic (exact) mass is 307 g/mol. The van der Waals surface area contributed by atoms with Gasteiger partial charge in [-0.3, -0.25) is 0 Å². The third-order valence-corrected chi connectivity index (χ3v) is 3.84. The van der Waals surface area contributed by atoms with Gasteiger partial charge in [-0.2, -0.15) is 0 Å². The van der Waals surface area contributed by atoms with Crippen LogP contribution in [0.2, 0.25) is 5.02 Å². The number of aryl methyl sites for hydroxylation is 1. The molecule has 1 heterocycles. The van der Waals surface area contributed by atoms with Gasteiger partial charge in [-0.1, -0.05) is 17.7 Å². The van der Waals surface area contributed by atoms with E-state index in [1.54, 1.807) is 0 Å². The topological polar surface area (TPSA) is 39.1 Å². The van der Waals surface area contributed by atoms with Crippen LogP contribution in [-0.4, -0.2) is 28.7 Å². The number of nitrogens with one attached hydrogen (secondary N) is 1. The fourth-order valence-electron chi connectivity index (χ4n) is 2.35. The molecule has 0 aliphatic heterocycles. The molecule has 1 aromatic heterocycles. The van der Waals surface area contributed by atoms with Gasteiger partial charge in [0.25, 0.3) is 0 Å². The Morgan fingerprint density at radius 1 is 1.43 bits per heavy atom. The van der Waals surface area contributed by atoms with Crippen LogP contribution in [-0.2, 0) is 13.0 Å². The first-order valence-electron chi connectivity index (χ1n) is 7.23. The minimum Gasteiger partial charge on any atom is -0.489 e. The van der Waals surface area contributed by atoms with E-state index < -0.39 is 0 Å². The van der Waals surface area contributed by atoms with Crippen LogP contribution in [0, 0.1) is 0 Å². The van der Waals surface area contributed by atoms with Crippen LogP contribution in [0.25, 0.3) is 0 Å². The summed E-state index contributed by atoms with van der Waals surface area (Å²) in [6.07, 6.45) is 4.67. The van der Waals surface area contributed by atoms with Gasteiger partial charge in [0.2, 0.25) is 0 Å². The van der Waals surface area contributed by atoms with Crippen LogP contribution in [0.15, 0.2) is 36.7 Å². The number of ether oxygens (including phenoxy) is 1. The van der Waals surface area contributed by atoms with E-state index in [1.165, 1.54) is 0 Å². The van der Waals surface area contributed by atoms with E-state index in [9.17, 15) is 0 Å². The number of hydrogen-bond donors (Lipinski definition) is 1. The van der Waals surface area contributed by atoms with E-state index in [0.717, 1.165) is 24.5 Å². The normalized spacial score (nSPS) is 13.9. The summed E-state index contributed by atoms with van der Waals surface area (Å²) in [5, 5.41) is 4.00. The first-order valence-corrected chi connectivity index (χ1v) is 7.61. The first kappa shape index (κ1) is 15.9. The molecular formula is C16H22ClN3O. The van der Waals surface area contributed by atoms with Crippen molar-refractivity contribution in [3.05, 3.63) is 47.5 Å². The van der Waals surface area contributed by atoms with Gasteiger partial charge in [0.15, 0.2) is 0 Å². The van der Waals surface area contributed by atoms with Crippen molar-refractivity contribution >= 4 is 11.6 Å². The number of imidazole rings is 1. The number of likely N-dealkylation sites (N-methyl/N-ethyl adjacent to an activating group) is 1. The Morgan fingerprint density at radius 2 is 2.24 bits per heavy atom. The van der Waals surface area contributed by atoms with E-state index in [-0.39, 0.29) is 12.1 Å². The highest BCUT2D eigenvalue weighted by atomic mass is 35.5. The minimum absolute atomic E-state index is 0.00970. The number of rotatable bonds is 7. The zero-order valence-electron chi connectivity index (χ0n) is 12.7. The highest BCUT2D eigenvalue weighted by molar-refractivity contribution is 6.30. The lowest BCUT2D eigenvalue weighted by Gasteiger charge is -2.24. The average Bonchev–Trinajstić information content (AvgIpc) is 2.91. The number of halogens is 1. The van der Waals surface area contributed by atoms with Crippen molar-refractivity contribution in [3.8, 4) is 5.75 Å². The van der Waals surface area contributed by atoms with Crippen molar-refractivity contribution in [2.24, 2.45) is 0 Å². The molecule has 2 unspecified atom stereocenters. The zero-order valence-corrected chi connectivity index (χ0v) is 13.5. The third-order valence-electron chi connectivity index (χ3n) is 3.60. The van der Waals surface area contributed by atoms with Crippen LogP contribution < -0.4 is 10.1 Å². The maximum Gasteiger partial charge on any atom is 0.121 e. The first-order chi connectivity index (χ1) is 10.1. The van der Waals surface area contributed by atoms with Crippen molar-refractivity contribution in [1.82, 2.24) is 14.9 Å². The lowest BCUT2D eigenvalue weighted by Crippen LogP contribution is -2.41. The molecule has 0 radical (unpaired) electrons. The molecule has 0 amide bonds. The molecule has 1 N–H and O–H groups in total. The van der Waals surface area contributed by atoms with Crippen LogP contribution >= 0.6 is 11.6 Å². The molecule has 0 spiro atoms. The highest BCUT2D eigenvalue weighted by Crippen LogP contribution is 2.19. The van der Waals surface area contributed by atoms with Crippen molar-refractivity contribution in [3.63, 3.8) is 0 Å². The lowest BCUT2D eigenvalue weighted by molar-refractivity contribution is 0.172. The summed E-state index contributed by atoms with van der Waals surface area (Å²) < 4.78 is 8.14. The molecule has 0 aliphatic rings. The molecule has 2 rings (SSSR count). The summed E-state index contributed by atoms with van der Waals surface area (Å²) in [6, 6.07) is 7.66. The summed E-state index contributed by atoms with van der Waals surface area (Å²) in [5.41, 5.74) is 0. The minimum atomic E-state index is 0.00970. The Morgan fingerprint density at radius 3 is 2.90 bits per heavy atom. The maximum absolute atomic E-state index is 5.99. The number of nitrogens with zero attached hydrogens (tertiary/aromatic N) is 2. The van der Waals surface area contributed by atoms with Gasteiger partial charge in [0.05, 0.1) is 6.04 Å². The summed E-state index contributed by atoms with van der Waals surface area (Å²) in [4.78, 5) is 4.42. The molecule has 5 heteroatoms. The molecule has 2 atom stereocenters. The lowest BCUT2D eigenvalue weighted by atomic mass is 10.1. The summed E-state index contributed by atoms with van der Waals surface area (Å²) in [7, 11) is 1.95. The molecule has 0 bridgehead atoms. The van der Waals surface area contributed by atoms with Gasteiger partial charge in [0, 0.05) is 30.4 Å². The molecule has 2 aromatic rings. The maximum atomic E-state index is 5.99. The molecule has 114 valence electrons. The van der Waals surface area contributed by atoms with Crippen LogP contribution in [0.5, 0.6) is 5.75 Å². The van der Waals surface area contributed by atoms with Crippen LogP contribution in [0.3, 0.4) is 0 Å². The van der Waals surface area contributed by atoms with Gasteiger partial charge >= 0.3 is 0 Å². The second kappa shape index (κ2) is 7.48. The largest absolute Gasteiger partial charge is 0.489 e. The fourth-order valence-corrected chi connectivity index (χ4v) is 2.53. The third kappa shape index (κ3) is 4.22. The summed E-state index contributed by atoms with van der Waals surface area (Å²) in [6.45, 7) is 5.10. The zero-order chi connectivity index (χ0) is 15.2. The van der Waals surface area contributed by atoms with E-state index in [2.05, 4.69) is 28.7 Å². The standard InChI is InChI=1S/C16H22ClN3O/c1-4-20-9-8-19-16(20)11-15(18-3)12(2)21-14-7-5-6-13(17)10-14/h5-10,12,15,18H,4,11H2,1-3H3. The number of hydrogen-bond acceptors (Lipinski definition) is 3. The fraction of sp³-hybridized carbons (Fsp3) is 0.438. The summed E-state index contributed by atoms with van der Waals surface area (Å²) in [5.74, 6) is 1.85. The van der Waals surface area contributed by atoms with E-state index in [4.69, 9.17) is 16.3 Å². The second-order valence-electron chi connectivity index (χ2n) is 5.01. The molecular weight excluding hydrogens is 286 g/mol. The van der Waals surface area contributed by atoms with Gasteiger partial charge in [0.1, 0.15) is 17.7 Å². The highest BCUT2D eigenvalue weighted by Gasteiger charge is 2.19. The predicted octanol–water partition coefficient (Wildman–Crippen LogP) is 3.15. The van der Waals surface area contributed by atoms with Crippen molar-refractivity contribution in [2.45, 2.75) is 39.0 Å². The van der Waals surface area contributed by atoms with E-state index >= 15 is 0 Å². The SMILES string of the molecule is CCn1ccnc1CC(NC)C(C)Oc1cccc(Cl)c1. The smallest absolute Gasteiger partial charge is 0.121 e. The van der Waals surface area contributed by atoms with E-state index in [1.807, 2.05) is 43.7 Å². The predicted molar refractivity (Wildman–Crippen MR) is 86.0 cm³/mol. The number of aromatic nitrogens is 2. The Hall–Kier alpha value is -1.52. The molecule has 0 saturated carbocycles. The van der Waals surface area contributed by atoms with Crippen molar-refractivity contribution < 1.29 is 4.74 Å². The molecule has 0 saturated heterocycles. The molecule has 21 heavy (non-hydrogen) atoms. The Bertz CT molecular complexity index is 570. The molecule has 0 fully saturated rings. The van der Waals surface area contributed by atoms with Crippen LogP contribution in [0.1, 0.15) is 19.7 Å². The molecule has 0 aliphatic carbocycles. The molecule has 4 nitrogen and oxygen atoms in total.